The van der Waals surface area contributed by atoms with Gasteiger partial charge in [-0.15, -0.1) is 0 Å². The third-order valence-corrected chi connectivity index (χ3v) is 5.74. The third-order valence-electron chi connectivity index (χ3n) is 5.74. The Morgan fingerprint density at radius 2 is 1.40 bits per heavy atom. The van der Waals surface area contributed by atoms with E-state index in [4.69, 9.17) is 5.73 Å². The van der Waals surface area contributed by atoms with Crippen LogP contribution in [0.2, 0.25) is 0 Å². The molecule has 2 saturated heterocycles. The monoisotopic (exact) mass is 492 g/mol. The number of anilines is 1. The average molecular weight is 493 g/mol. The summed E-state index contributed by atoms with van der Waals surface area (Å²) in [5, 5.41) is 24.0. The molecule has 192 valence electrons. The minimum atomic E-state index is -1.05. The van der Waals surface area contributed by atoms with Crippen molar-refractivity contribution >= 4 is 17.2 Å². The molecule has 0 amide bonds. The Labute approximate surface area is 203 Å². The van der Waals surface area contributed by atoms with Crippen LogP contribution in [-0.2, 0) is 0 Å². The lowest BCUT2D eigenvalue weighted by atomic mass is 10.1. The highest BCUT2D eigenvalue weighted by Crippen LogP contribution is 2.23. The Hall–Kier alpha value is -3.29. The number of hydrogen-bond donors (Lipinski definition) is 2. The molecule has 0 saturated carbocycles. The molecule has 0 aliphatic carbocycles. The zero-order valence-corrected chi connectivity index (χ0v) is 20.0. The number of aromatic nitrogens is 2. The molecule has 0 unspecified atom stereocenters. The van der Waals surface area contributed by atoms with E-state index in [1.54, 1.807) is 12.3 Å². The number of piperidine rings is 2. The lowest BCUT2D eigenvalue weighted by Gasteiger charge is -2.29. The SMILES string of the molecule is CN1CCC(N)CC1.CN1CCC(Nc2ncccc2[N+](=O)[O-])CC1.O=[N+]([O-])c1cccnc1F. The van der Waals surface area contributed by atoms with E-state index >= 15 is 0 Å². The summed E-state index contributed by atoms with van der Waals surface area (Å²) in [6.07, 6.45) is 7.06. The van der Waals surface area contributed by atoms with Crippen molar-refractivity contribution in [1.29, 1.82) is 0 Å². The Morgan fingerprint density at radius 3 is 1.86 bits per heavy atom. The highest BCUT2D eigenvalue weighted by atomic mass is 19.1. The van der Waals surface area contributed by atoms with E-state index in [-0.39, 0.29) is 11.7 Å². The summed E-state index contributed by atoms with van der Waals surface area (Å²) in [6.45, 7) is 4.39. The van der Waals surface area contributed by atoms with Crippen LogP contribution in [0.15, 0.2) is 36.7 Å². The topological polar surface area (TPSA) is 157 Å². The summed E-state index contributed by atoms with van der Waals surface area (Å²) >= 11 is 0. The normalized spacial score (nSPS) is 17.4. The predicted molar refractivity (Wildman–Crippen MR) is 131 cm³/mol. The molecule has 4 rings (SSSR count). The number of nitrogens with two attached hydrogens (primary N) is 1. The van der Waals surface area contributed by atoms with Crippen molar-refractivity contribution in [2.24, 2.45) is 5.73 Å². The number of pyridine rings is 2. The summed E-state index contributed by atoms with van der Waals surface area (Å²) in [5.41, 5.74) is 5.12. The van der Waals surface area contributed by atoms with Crippen molar-refractivity contribution in [1.82, 2.24) is 19.8 Å². The molecule has 2 fully saturated rings. The van der Waals surface area contributed by atoms with Crippen LogP contribution in [0.1, 0.15) is 25.7 Å². The van der Waals surface area contributed by atoms with E-state index in [2.05, 4.69) is 39.2 Å². The lowest BCUT2D eigenvalue weighted by Crippen LogP contribution is -2.37. The zero-order chi connectivity index (χ0) is 25.8. The number of halogens is 1. The highest BCUT2D eigenvalue weighted by molar-refractivity contribution is 5.55. The fourth-order valence-corrected chi connectivity index (χ4v) is 3.54. The molecule has 0 aromatic carbocycles. The van der Waals surface area contributed by atoms with E-state index in [0.29, 0.717) is 11.9 Å². The number of likely N-dealkylation sites (tertiary alicyclic amines) is 2. The summed E-state index contributed by atoms with van der Waals surface area (Å²) in [4.78, 5) is 31.3. The molecule has 0 atom stereocenters. The standard InChI is InChI=1S/C11H16N4O2.C6H14N2.C5H3FN2O2/c1-14-7-4-9(5-8-14)13-11-10(15(16)17)3-2-6-12-11;1-8-4-2-6(7)3-5-8;6-5-4(8(9)10)2-1-3-7-5/h2-3,6,9H,4-5,7-8H2,1H3,(H,12,13);6H,2-5,7H2,1H3;1-3H. The van der Waals surface area contributed by atoms with E-state index in [1.807, 2.05) is 0 Å². The summed E-state index contributed by atoms with van der Waals surface area (Å²) in [7, 11) is 4.23. The van der Waals surface area contributed by atoms with Crippen LogP contribution in [0.4, 0.5) is 21.6 Å². The number of nitrogens with one attached hydrogen (secondary N) is 1. The molecule has 0 bridgehead atoms. The number of rotatable bonds is 4. The summed E-state index contributed by atoms with van der Waals surface area (Å²) in [6, 6.07) is 6.18. The van der Waals surface area contributed by atoms with Gasteiger partial charge in [0.05, 0.1) is 9.85 Å². The maximum atomic E-state index is 12.3. The van der Waals surface area contributed by atoms with Gasteiger partial charge in [-0.05, 0) is 78.1 Å². The lowest BCUT2D eigenvalue weighted by molar-refractivity contribution is -0.388. The van der Waals surface area contributed by atoms with Gasteiger partial charge in [0.1, 0.15) is 0 Å². The largest absolute Gasteiger partial charge is 0.362 e. The van der Waals surface area contributed by atoms with Crippen LogP contribution in [0.3, 0.4) is 0 Å². The van der Waals surface area contributed by atoms with Crippen molar-refractivity contribution in [3.8, 4) is 0 Å². The molecule has 2 aliphatic rings. The maximum absolute atomic E-state index is 12.3. The van der Waals surface area contributed by atoms with Crippen molar-refractivity contribution < 1.29 is 14.2 Å². The summed E-state index contributed by atoms with van der Waals surface area (Å²) in [5.74, 6) is -0.667. The highest BCUT2D eigenvalue weighted by Gasteiger charge is 2.21. The first-order chi connectivity index (χ1) is 16.7. The van der Waals surface area contributed by atoms with Crippen LogP contribution in [0.5, 0.6) is 0 Å². The molecule has 4 heterocycles. The first-order valence-electron chi connectivity index (χ1n) is 11.4. The number of nitrogens with zero attached hydrogens (tertiary/aromatic N) is 6. The van der Waals surface area contributed by atoms with Crippen LogP contribution in [0.25, 0.3) is 0 Å². The van der Waals surface area contributed by atoms with Gasteiger partial charge in [0.2, 0.25) is 5.82 Å². The van der Waals surface area contributed by atoms with Gasteiger partial charge in [0.25, 0.3) is 5.95 Å². The Bertz CT molecular complexity index is 941. The fourth-order valence-electron chi connectivity index (χ4n) is 3.54. The first-order valence-corrected chi connectivity index (χ1v) is 11.4. The van der Waals surface area contributed by atoms with Gasteiger partial charge < -0.3 is 20.9 Å². The molecule has 2 aromatic heterocycles. The quantitative estimate of drug-likeness (QED) is 0.369. The Balaban J connectivity index is 0.000000204. The van der Waals surface area contributed by atoms with Crippen molar-refractivity contribution in [2.75, 3.05) is 45.6 Å². The van der Waals surface area contributed by atoms with Gasteiger partial charge in [0.15, 0.2) is 0 Å². The van der Waals surface area contributed by atoms with Crippen molar-refractivity contribution in [3.63, 3.8) is 0 Å². The third kappa shape index (κ3) is 9.84. The minimum Gasteiger partial charge on any atom is -0.362 e. The van der Waals surface area contributed by atoms with Gasteiger partial charge in [0, 0.05) is 36.6 Å². The molecule has 0 spiro atoms. The predicted octanol–water partition coefficient (Wildman–Crippen LogP) is 2.66. The second-order valence-corrected chi connectivity index (χ2v) is 8.56. The second-order valence-electron chi connectivity index (χ2n) is 8.56. The average Bonchev–Trinajstić information content (AvgIpc) is 2.84. The van der Waals surface area contributed by atoms with E-state index in [0.717, 1.165) is 38.2 Å². The fraction of sp³-hybridized carbons (Fsp3) is 0.545. The molecular weight excluding hydrogens is 459 g/mol. The van der Waals surface area contributed by atoms with Crippen LogP contribution in [-0.4, -0.2) is 82.0 Å². The zero-order valence-electron chi connectivity index (χ0n) is 20.0. The van der Waals surface area contributed by atoms with Crippen molar-refractivity contribution in [2.45, 2.75) is 37.8 Å². The Morgan fingerprint density at radius 1 is 0.914 bits per heavy atom. The molecule has 12 nitrogen and oxygen atoms in total. The van der Waals surface area contributed by atoms with Gasteiger partial charge in [-0.25, -0.2) is 9.97 Å². The van der Waals surface area contributed by atoms with Gasteiger partial charge >= 0.3 is 11.4 Å². The van der Waals surface area contributed by atoms with Crippen molar-refractivity contribution in [3.05, 3.63) is 62.8 Å². The van der Waals surface area contributed by atoms with E-state index in [1.165, 1.54) is 38.1 Å². The molecular formula is C22H33FN8O4. The summed E-state index contributed by atoms with van der Waals surface area (Å²) < 4.78 is 12.3. The Kier molecular flexibility index (Phi) is 11.3. The molecule has 13 heteroatoms. The van der Waals surface area contributed by atoms with Crippen LogP contribution >= 0.6 is 0 Å². The molecule has 0 radical (unpaired) electrons. The van der Waals surface area contributed by atoms with Gasteiger partial charge in [-0.1, -0.05) is 0 Å². The van der Waals surface area contributed by atoms with E-state index < -0.39 is 21.5 Å². The molecule has 2 aliphatic heterocycles. The molecule has 2 aromatic rings. The smallest absolute Gasteiger partial charge is 0.323 e. The minimum absolute atomic E-state index is 0.0476. The van der Waals surface area contributed by atoms with Gasteiger partial charge in [-0.3, -0.25) is 20.2 Å². The van der Waals surface area contributed by atoms with Gasteiger partial charge in [-0.2, -0.15) is 4.39 Å². The van der Waals surface area contributed by atoms with Crippen LogP contribution in [0, 0.1) is 26.2 Å². The number of hydrogen-bond acceptors (Lipinski definition) is 10. The second kappa shape index (κ2) is 14.2. The maximum Gasteiger partial charge on any atom is 0.323 e. The first kappa shape index (κ1) is 28.0. The van der Waals surface area contributed by atoms with Crippen LogP contribution < -0.4 is 11.1 Å². The molecule has 3 N–H and O–H groups in total. The molecule has 35 heavy (non-hydrogen) atoms. The van der Waals surface area contributed by atoms with E-state index in [9.17, 15) is 24.6 Å². The number of nitro groups is 2.